The Balaban J connectivity index is 1.58. The van der Waals surface area contributed by atoms with Gasteiger partial charge in [0.1, 0.15) is 6.33 Å². The number of nitrogens with zero attached hydrogens (tertiary/aromatic N) is 4. The molecular weight excluding hydrogens is 382 g/mol. The third-order valence-corrected chi connectivity index (χ3v) is 4.95. The predicted molar refractivity (Wildman–Crippen MR) is 101 cm³/mol. The summed E-state index contributed by atoms with van der Waals surface area (Å²) in [6.45, 7) is 1.06. The second-order valence-electron chi connectivity index (χ2n) is 6.63. The van der Waals surface area contributed by atoms with Crippen LogP contribution in [-0.4, -0.2) is 47.9 Å². The molecule has 0 spiro atoms. The average molecular weight is 401 g/mol. The molecule has 0 atom stereocenters. The highest BCUT2D eigenvalue weighted by atomic mass is 16.7. The number of methoxy groups -OCH3 is 1. The van der Waals surface area contributed by atoms with Crippen molar-refractivity contribution in [3.63, 3.8) is 0 Å². The van der Waals surface area contributed by atoms with Gasteiger partial charge in [0.2, 0.25) is 18.4 Å². The van der Waals surface area contributed by atoms with Crippen LogP contribution in [0.5, 0.6) is 11.5 Å². The SMILES string of the molecule is COC(=O)C1CCN(c2ncnc(Nc3ccc4c(c3)OCO4)c2[N+](=O)[O-])CC1. The van der Waals surface area contributed by atoms with Gasteiger partial charge in [-0.05, 0) is 25.0 Å². The van der Waals surface area contributed by atoms with Gasteiger partial charge in [-0.3, -0.25) is 14.9 Å². The van der Waals surface area contributed by atoms with Crippen LogP contribution >= 0.6 is 0 Å². The van der Waals surface area contributed by atoms with Crippen LogP contribution in [0, 0.1) is 16.0 Å². The number of piperidine rings is 1. The van der Waals surface area contributed by atoms with Crippen molar-refractivity contribution in [1.29, 1.82) is 0 Å². The van der Waals surface area contributed by atoms with E-state index in [4.69, 9.17) is 14.2 Å². The van der Waals surface area contributed by atoms with Crippen LogP contribution in [-0.2, 0) is 9.53 Å². The molecule has 2 aliphatic rings. The Morgan fingerprint density at radius 2 is 2.03 bits per heavy atom. The Bertz CT molecular complexity index is 944. The number of nitro groups is 1. The number of ether oxygens (including phenoxy) is 3. The van der Waals surface area contributed by atoms with E-state index >= 15 is 0 Å². The van der Waals surface area contributed by atoms with Crippen molar-refractivity contribution >= 4 is 29.0 Å². The molecule has 11 heteroatoms. The van der Waals surface area contributed by atoms with Crippen molar-refractivity contribution < 1.29 is 23.9 Å². The fourth-order valence-electron chi connectivity index (χ4n) is 3.47. The minimum atomic E-state index is -0.503. The molecule has 3 heterocycles. The lowest BCUT2D eigenvalue weighted by atomic mass is 9.97. The van der Waals surface area contributed by atoms with Crippen LogP contribution in [0.2, 0.25) is 0 Å². The van der Waals surface area contributed by atoms with Crippen LogP contribution in [0.25, 0.3) is 0 Å². The topological polar surface area (TPSA) is 129 Å². The van der Waals surface area contributed by atoms with E-state index in [0.717, 1.165) is 0 Å². The Hall–Kier alpha value is -3.63. The molecule has 1 saturated heterocycles. The van der Waals surface area contributed by atoms with E-state index in [1.165, 1.54) is 13.4 Å². The summed E-state index contributed by atoms with van der Waals surface area (Å²) in [5.41, 5.74) is 0.355. The molecule has 1 fully saturated rings. The zero-order valence-electron chi connectivity index (χ0n) is 15.7. The standard InChI is InChI=1S/C18H19N5O6/c1-27-18(24)11-4-6-22(7-5-11)17-15(23(25)26)16(19-9-20-17)21-12-2-3-13-14(8-12)29-10-28-13/h2-3,8-9,11H,4-7,10H2,1H3,(H,19,20,21). The lowest BCUT2D eigenvalue weighted by Gasteiger charge is -2.31. The first kappa shape index (κ1) is 18.7. The zero-order chi connectivity index (χ0) is 20.4. The van der Waals surface area contributed by atoms with E-state index in [1.54, 1.807) is 23.1 Å². The van der Waals surface area contributed by atoms with Gasteiger partial charge in [0.25, 0.3) is 0 Å². The Morgan fingerprint density at radius 1 is 1.28 bits per heavy atom. The summed E-state index contributed by atoms with van der Waals surface area (Å²) in [6.07, 6.45) is 2.36. The molecule has 152 valence electrons. The first-order chi connectivity index (χ1) is 14.1. The molecule has 29 heavy (non-hydrogen) atoms. The van der Waals surface area contributed by atoms with Gasteiger partial charge in [-0.25, -0.2) is 9.97 Å². The second-order valence-corrected chi connectivity index (χ2v) is 6.63. The molecule has 2 aromatic rings. The molecule has 0 saturated carbocycles. The Kier molecular flexibility index (Phi) is 5.02. The van der Waals surface area contributed by atoms with Crippen molar-refractivity contribution in [2.75, 3.05) is 37.2 Å². The van der Waals surface area contributed by atoms with Crippen LogP contribution in [0.1, 0.15) is 12.8 Å². The predicted octanol–water partition coefficient (Wildman–Crippen LogP) is 2.25. The van der Waals surface area contributed by atoms with Crippen LogP contribution in [0.4, 0.5) is 23.0 Å². The maximum absolute atomic E-state index is 11.8. The van der Waals surface area contributed by atoms with Crippen molar-refractivity contribution in [3.8, 4) is 11.5 Å². The number of nitrogens with one attached hydrogen (secondary N) is 1. The number of benzene rings is 1. The maximum Gasteiger partial charge on any atom is 0.353 e. The number of rotatable bonds is 5. The molecule has 0 radical (unpaired) electrons. The first-order valence-corrected chi connectivity index (χ1v) is 9.05. The lowest BCUT2D eigenvalue weighted by Crippen LogP contribution is -2.37. The number of fused-ring (bicyclic) bond motifs is 1. The van der Waals surface area contributed by atoms with Gasteiger partial charge in [-0.2, -0.15) is 0 Å². The third-order valence-electron chi connectivity index (χ3n) is 4.95. The van der Waals surface area contributed by atoms with Crippen molar-refractivity contribution in [1.82, 2.24) is 9.97 Å². The number of carbonyl (C=O) groups excluding carboxylic acids is 1. The Morgan fingerprint density at radius 3 is 2.76 bits per heavy atom. The second kappa shape index (κ2) is 7.78. The number of hydrogen-bond acceptors (Lipinski definition) is 10. The van der Waals surface area contributed by atoms with Crippen LogP contribution < -0.4 is 19.7 Å². The molecule has 1 N–H and O–H groups in total. The van der Waals surface area contributed by atoms with E-state index in [0.29, 0.717) is 43.1 Å². The van der Waals surface area contributed by atoms with Crippen LogP contribution in [0.3, 0.4) is 0 Å². The van der Waals surface area contributed by atoms with Crippen LogP contribution in [0.15, 0.2) is 24.5 Å². The molecule has 4 rings (SSSR count). The molecule has 0 amide bonds. The van der Waals surface area contributed by atoms with E-state index in [1.807, 2.05) is 0 Å². The van der Waals surface area contributed by atoms with E-state index in [-0.39, 0.29) is 36.0 Å². The van der Waals surface area contributed by atoms with Crippen molar-refractivity contribution in [3.05, 3.63) is 34.6 Å². The molecule has 11 nitrogen and oxygen atoms in total. The number of anilines is 3. The molecule has 0 unspecified atom stereocenters. The van der Waals surface area contributed by atoms with Crippen molar-refractivity contribution in [2.45, 2.75) is 12.8 Å². The highest BCUT2D eigenvalue weighted by Gasteiger charge is 2.32. The summed E-state index contributed by atoms with van der Waals surface area (Å²) in [5, 5.41) is 14.8. The van der Waals surface area contributed by atoms with E-state index in [9.17, 15) is 14.9 Å². The highest BCUT2D eigenvalue weighted by Crippen LogP contribution is 2.38. The van der Waals surface area contributed by atoms with Gasteiger partial charge >= 0.3 is 11.7 Å². The van der Waals surface area contributed by atoms with E-state index in [2.05, 4.69) is 15.3 Å². The first-order valence-electron chi connectivity index (χ1n) is 9.05. The van der Waals surface area contributed by atoms with Gasteiger partial charge in [-0.1, -0.05) is 0 Å². The number of carbonyl (C=O) groups is 1. The quantitative estimate of drug-likeness (QED) is 0.452. The Labute approximate surface area is 165 Å². The molecule has 1 aromatic heterocycles. The summed E-state index contributed by atoms with van der Waals surface area (Å²) in [6, 6.07) is 5.13. The van der Waals surface area contributed by atoms with Crippen molar-refractivity contribution in [2.24, 2.45) is 5.92 Å². The van der Waals surface area contributed by atoms with Gasteiger partial charge in [0.05, 0.1) is 18.0 Å². The summed E-state index contributed by atoms with van der Waals surface area (Å²) in [5.74, 6) is 1.000. The fourth-order valence-corrected chi connectivity index (χ4v) is 3.47. The summed E-state index contributed by atoms with van der Waals surface area (Å²) in [4.78, 5) is 33.0. The number of esters is 1. The smallest absolute Gasteiger partial charge is 0.353 e. The largest absolute Gasteiger partial charge is 0.469 e. The fraction of sp³-hybridized carbons (Fsp3) is 0.389. The summed E-state index contributed by atoms with van der Waals surface area (Å²) in [7, 11) is 1.36. The zero-order valence-corrected chi connectivity index (χ0v) is 15.7. The highest BCUT2D eigenvalue weighted by molar-refractivity contribution is 5.76. The molecule has 0 aliphatic carbocycles. The molecule has 1 aromatic carbocycles. The third kappa shape index (κ3) is 3.71. The summed E-state index contributed by atoms with van der Waals surface area (Å²) < 4.78 is 15.4. The van der Waals surface area contributed by atoms with Gasteiger partial charge < -0.3 is 24.4 Å². The number of hydrogen-bond donors (Lipinski definition) is 1. The lowest BCUT2D eigenvalue weighted by molar-refractivity contribution is -0.383. The van der Waals surface area contributed by atoms with Gasteiger partial charge in [0, 0.05) is 24.8 Å². The molecule has 2 aliphatic heterocycles. The average Bonchev–Trinajstić information content (AvgIpc) is 3.21. The van der Waals surface area contributed by atoms with E-state index < -0.39 is 4.92 Å². The minimum Gasteiger partial charge on any atom is -0.469 e. The maximum atomic E-state index is 11.8. The normalized spacial score (nSPS) is 15.8. The molecular formula is C18H19N5O6. The summed E-state index contributed by atoms with van der Waals surface area (Å²) >= 11 is 0. The van der Waals surface area contributed by atoms with Gasteiger partial charge in [0.15, 0.2) is 11.5 Å². The number of aromatic nitrogens is 2. The van der Waals surface area contributed by atoms with Gasteiger partial charge in [-0.15, -0.1) is 0 Å². The monoisotopic (exact) mass is 401 g/mol. The minimum absolute atomic E-state index is 0.0777. The molecule has 0 bridgehead atoms.